The van der Waals surface area contributed by atoms with Gasteiger partial charge in [-0.05, 0) is 12.5 Å². The van der Waals surface area contributed by atoms with Gasteiger partial charge in [0.15, 0.2) is 0 Å². The normalized spacial score (nSPS) is 9.00. The van der Waals surface area contributed by atoms with Gasteiger partial charge in [0.1, 0.15) is 0 Å². The number of hydrogen-bond donors (Lipinski definition) is 1. The SMILES string of the molecule is Cc1ccc(C(=N)CC#N)cc1. The van der Waals surface area contributed by atoms with Gasteiger partial charge in [-0.15, -0.1) is 0 Å². The van der Waals surface area contributed by atoms with Gasteiger partial charge >= 0.3 is 0 Å². The second-order valence-corrected chi connectivity index (χ2v) is 2.68. The maximum atomic E-state index is 8.36. The van der Waals surface area contributed by atoms with Gasteiger partial charge in [-0.3, -0.25) is 0 Å². The average molecular weight is 158 g/mol. The van der Waals surface area contributed by atoms with Crippen molar-refractivity contribution < 1.29 is 0 Å². The highest BCUT2D eigenvalue weighted by molar-refractivity contribution is 5.99. The lowest BCUT2D eigenvalue weighted by molar-refractivity contribution is 1.33. The molecule has 0 aliphatic heterocycles. The standard InChI is InChI=1S/C10H10N2/c1-8-2-4-9(5-3-8)10(12)6-7-11/h2-5,12H,6H2,1H3. The third-order valence-electron chi connectivity index (χ3n) is 1.66. The van der Waals surface area contributed by atoms with Crippen LogP contribution in [-0.4, -0.2) is 5.71 Å². The molecule has 0 amide bonds. The van der Waals surface area contributed by atoms with Crippen LogP contribution in [0.2, 0.25) is 0 Å². The zero-order valence-corrected chi connectivity index (χ0v) is 6.96. The predicted molar refractivity (Wildman–Crippen MR) is 48.2 cm³/mol. The van der Waals surface area contributed by atoms with Gasteiger partial charge in [-0.25, -0.2) is 0 Å². The van der Waals surface area contributed by atoms with Crippen LogP contribution in [0.15, 0.2) is 24.3 Å². The molecule has 0 saturated heterocycles. The summed E-state index contributed by atoms with van der Waals surface area (Å²) in [4.78, 5) is 0. The quantitative estimate of drug-likeness (QED) is 0.659. The summed E-state index contributed by atoms with van der Waals surface area (Å²) in [6.07, 6.45) is 0.184. The zero-order chi connectivity index (χ0) is 8.97. The fourth-order valence-corrected chi connectivity index (χ4v) is 0.936. The number of nitrogens with zero attached hydrogens (tertiary/aromatic N) is 1. The van der Waals surface area contributed by atoms with Crippen LogP contribution in [0.4, 0.5) is 0 Å². The summed E-state index contributed by atoms with van der Waals surface area (Å²) >= 11 is 0. The Kier molecular flexibility index (Phi) is 2.60. The van der Waals surface area contributed by atoms with Gasteiger partial charge < -0.3 is 5.41 Å². The van der Waals surface area contributed by atoms with Crippen LogP contribution in [0.5, 0.6) is 0 Å². The molecule has 0 bridgehead atoms. The smallest absolute Gasteiger partial charge is 0.0773 e. The predicted octanol–water partition coefficient (Wildman–Crippen LogP) is 2.28. The van der Waals surface area contributed by atoms with E-state index >= 15 is 0 Å². The van der Waals surface area contributed by atoms with Crippen molar-refractivity contribution in [3.8, 4) is 6.07 Å². The summed E-state index contributed by atoms with van der Waals surface area (Å²) in [5.74, 6) is 0. The molecule has 1 rings (SSSR count). The van der Waals surface area contributed by atoms with Crippen molar-refractivity contribution in [3.05, 3.63) is 35.4 Å². The Balaban J connectivity index is 2.84. The fraction of sp³-hybridized carbons (Fsp3) is 0.200. The molecule has 0 radical (unpaired) electrons. The van der Waals surface area contributed by atoms with Crippen LogP contribution < -0.4 is 0 Å². The molecule has 2 heteroatoms. The van der Waals surface area contributed by atoms with E-state index in [2.05, 4.69) is 0 Å². The lowest BCUT2D eigenvalue weighted by atomic mass is 10.1. The molecule has 0 atom stereocenters. The average Bonchev–Trinajstić information content (AvgIpc) is 2.06. The van der Waals surface area contributed by atoms with Crippen LogP contribution in [0.1, 0.15) is 17.5 Å². The number of hydrogen-bond acceptors (Lipinski definition) is 2. The van der Waals surface area contributed by atoms with Crippen molar-refractivity contribution in [2.45, 2.75) is 13.3 Å². The van der Waals surface area contributed by atoms with Gasteiger partial charge in [0, 0.05) is 0 Å². The van der Waals surface area contributed by atoms with Crippen molar-refractivity contribution >= 4 is 5.71 Å². The van der Waals surface area contributed by atoms with E-state index in [1.54, 1.807) is 0 Å². The Hall–Kier alpha value is -1.62. The minimum Gasteiger partial charge on any atom is -0.304 e. The number of benzene rings is 1. The molecule has 0 fully saturated rings. The molecule has 0 unspecified atom stereocenters. The summed E-state index contributed by atoms with van der Waals surface area (Å²) in [6, 6.07) is 9.59. The topological polar surface area (TPSA) is 47.6 Å². The van der Waals surface area contributed by atoms with E-state index in [4.69, 9.17) is 10.7 Å². The molecule has 1 aromatic rings. The van der Waals surface area contributed by atoms with Crippen molar-refractivity contribution in [2.75, 3.05) is 0 Å². The van der Waals surface area contributed by atoms with Gasteiger partial charge in [0.05, 0.1) is 18.2 Å². The summed E-state index contributed by atoms with van der Waals surface area (Å²) in [6.45, 7) is 2.00. The summed E-state index contributed by atoms with van der Waals surface area (Å²) in [7, 11) is 0. The maximum Gasteiger partial charge on any atom is 0.0773 e. The third-order valence-corrected chi connectivity index (χ3v) is 1.66. The lowest BCUT2D eigenvalue weighted by Gasteiger charge is -1.98. The first-order valence-electron chi connectivity index (χ1n) is 3.75. The third kappa shape index (κ3) is 1.93. The molecular formula is C10H10N2. The molecular weight excluding hydrogens is 148 g/mol. The van der Waals surface area contributed by atoms with Gasteiger partial charge in [0.2, 0.25) is 0 Å². The summed E-state index contributed by atoms with van der Waals surface area (Å²) < 4.78 is 0. The molecule has 12 heavy (non-hydrogen) atoms. The van der Waals surface area contributed by atoms with Crippen molar-refractivity contribution in [3.63, 3.8) is 0 Å². The Morgan fingerprint density at radius 1 is 1.42 bits per heavy atom. The first-order valence-corrected chi connectivity index (χ1v) is 3.75. The van der Waals surface area contributed by atoms with E-state index in [1.165, 1.54) is 5.56 Å². The molecule has 60 valence electrons. The second kappa shape index (κ2) is 3.68. The van der Waals surface area contributed by atoms with E-state index in [-0.39, 0.29) is 6.42 Å². The first kappa shape index (κ1) is 8.48. The van der Waals surface area contributed by atoms with E-state index in [0.29, 0.717) is 5.71 Å². The fourth-order valence-electron chi connectivity index (χ4n) is 0.936. The van der Waals surface area contributed by atoms with Crippen molar-refractivity contribution in [1.82, 2.24) is 0 Å². The minimum atomic E-state index is 0.184. The first-order chi connectivity index (χ1) is 5.74. The Bertz CT molecular complexity index is 317. The monoisotopic (exact) mass is 158 g/mol. The number of rotatable bonds is 2. The van der Waals surface area contributed by atoms with Crippen LogP contribution in [0.25, 0.3) is 0 Å². The number of nitrogens with one attached hydrogen (secondary N) is 1. The van der Waals surface area contributed by atoms with Gasteiger partial charge in [-0.2, -0.15) is 5.26 Å². The summed E-state index contributed by atoms with van der Waals surface area (Å²) in [5.41, 5.74) is 2.39. The summed E-state index contributed by atoms with van der Waals surface area (Å²) in [5, 5.41) is 15.8. The van der Waals surface area contributed by atoms with E-state index in [9.17, 15) is 0 Å². The van der Waals surface area contributed by atoms with E-state index in [1.807, 2.05) is 37.3 Å². The molecule has 1 N–H and O–H groups in total. The zero-order valence-electron chi connectivity index (χ0n) is 6.96. The van der Waals surface area contributed by atoms with Gasteiger partial charge in [-0.1, -0.05) is 29.8 Å². The van der Waals surface area contributed by atoms with Crippen LogP contribution in [0.3, 0.4) is 0 Å². The second-order valence-electron chi connectivity index (χ2n) is 2.68. The Labute approximate surface area is 72.0 Å². The molecule has 0 heterocycles. The molecule has 0 aromatic heterocycles. The van der Waals surface area contributed by atoms with Crippen LogP contribution >= 0.6 is 0 Å². The Morgan fingerprint density at radius 2 is 2.00 bits per heavy atom. The van der Waals surface area contributed by atoms with Crippen LogP contribution in [-0.2, 0) is 0 Å². The highest BCUT2D eigenvalue weighted by atomic mass is 14.4. The van der Waals surface area contributed by atoms with Crippen molar-refractivity contribution in [2.24, 2.45) is 0 Å². The van der Waals surface area contributed by atoms with E-state index < -0.39 is 0 Å². The highest BCUT2D eigenvalue weighted by Crippen LogP contribution is 2.05. The van der Waals surface area contributed by atoms with Crippen molar-refractivity contribution in [1.29, 1.82) is 10.7 Å². The molecule has 0 aliphatic carbocycles. The lowest BCUT2D eigenvalue weighted by Crippen LogP contribution is -1.96. The highest BCUT2D eigenvalue weighted by Gasteiger charge is 1.98. The molecule has 0 spiro atoms. The largest absolute Gasteiger partial charge is 0.304 e. The maximum absolute atomic E-state index is 8.36. The number of nitriles is 1. The number of aryl methyl sites for hydroxylation is 1. The molecule has 0 aliphatic rings. The van der Waals surface area contributed by atoms with E-state index in [0.717, 1.165) is 5.56 Å². The van der Waals surface area contributed by atoms with Crippen LogP contribution in [0, 0.1) is 23.7 Å². The molecule has 1 aromatic carbocycles. The molecule has 0 saturated carbocycles. The Morgan fingerprint density at radius 3 is 2.50 bits per heavy atom. The van der Waals surface area contributed by atoms with Gasteiger partial charge in [0.25, 0.3) is 0 Å². The molecule has 2 nitrogen and oxygen atoms in total. The minimum absolute atomic E-state index is 0.184.